The van der Waals surface area contributed by atoms with Gasteiger partial charge >= 0.3 is 0 Å². The quantitative estimate of drug-likeness (QED) is 0.366. The van der Waals surface area contributed by atoms with Crippen LogP contribution < -0.4 is 10.6 Å². The summed E-state index contributed by atoms with van der Waals surface area (Å²) in [5, 5.41) is 11.7. The Hall–Kier alpha value is -4.29. The maximum Gasteiger partial charge on any atom is 0.221 e. The van der Waals surface area contributed by atoms with Crippen molar-refractivity contribution in [3.63, 3.8) is 0 Å². The average Bonchev–Trinajstić information content (AvgIpc) is 3.56. The lowest BCUT2D eigenvalue weighted by molar-refractivity contribution is -0.119. The fourth-order valence-corrected chi connectivity index (χ4v) is 5.04. The van der Waals surface area contributed by atoms with Crippen molar-refractivity contribution in [1.82, 2.24) is 25.1 Å². The molecular weight excluding hydrogens is 463 g/mol. The lowest BCUT2D eigenvalue weighted by Crippen LogP contribution is -2.23. The van der Waals surface area contributed by atoms with E-state index in [1.165, 1.54) is 29.8 Å². The summed E-state index contributed by atoms with van der Waals surface area (Å²) in [4.78, 5) is 21.1. The molecule has 0 aliphatic carbocycles. The fourth-order valence-electron chi connectivity index (χ4n) is 4.12. The van der Waals surface area contributed by atoms with Crippen molar-refractivity contribution in [1.29, 1.82) is 0 Å². The van der Waals surface area contributed by atoms with Crippen LogP contribution in [0.2, 0.25) is 0 Å². The van der Waals surface area contributed by atoms with E-state index in [0.29, 0.717) is 18.8 Å². The molecule has 1 saturated heterocycles. The molecule has 1 aliphatic rings. The number of halogens is 1. The predicted molar refractivity (Wildman–Crippen MR) is 134 cm³/mol. The number of amides is 1. The lowest BCUT2D eigenvalue weighted by atomic mass is 10.2. The predicted octanol–water partition coefficient (Wildman–Crippen LogP) is 4.60. The molecule has 35 heavy (non-hydrogen) atoms. The van der Waals surface area contributed by atoms with Gasteiger partial charge in [0.25, 0.3) is 0 Å². The van der Waals surface area contributed by atoms with Gasteiger partial charge in [0, 0.05) is 17.5 Å². The molecule has 1 amide bonds. The third-order valence-corrected chi connectivity index (χ3v) is 6.85. The van der Waals surface area contributed by atoms with Crippen LogP contribution in [0.25, 0.3) is 21.1 Å². The number of anilines is 2. The van der Waals surface area contributed by atoms with Crippen molar-refractivity contribution in [3.8, 4) is 11.8 Å². The highest BCUT2D eigenvalue weighted by Gasteiger charge is 2.18. The number of aromatic nitrogens is 4. The van der Waals surface area contributed by atoms with Crippen molar-refractivity contribution in [3.05, 3.63) is 77.3 Å². The number of benzene rings is 2. The fraction of sp³-hybridized carbons (Fsp3) is 0.154. The second-order valence-corrected chi connectivity index (χ2v) is 9.36. The molecule has 1 aliphatic heterocycles. The van der Waals surface area contributed by atoms with Gasteiger partial charge in [-0.3, -0.25) is 9.48 Å². The van der Waals surface area contributed by atoms with Crippen LogP contribution in [0.4, 0.5) is 15.9 Å². The zero-order valence-corrected chi connectivity index (χ0v) is 19.3. The zero-order valence-electron chi connectivity index (χ0n) is 18.5. The second kappa shape index (κ2) is 8.81. The molecule has 6 rings (SSSR count). The second-order valence-electron chi connectivity index (χ2n) is 8.31. The molecular formula is C26H19FN6OS. The molecule has 0 saturated carbocycles. The molecule has 4 heterocycles. The van der Waals surface area contributed by atoms with Gasteiger partial charge in [0.1, 0.15) is 12.1 Å². The molecule has 0 radical (unpaired) electrons. The first-order valence-corrected chi connectivity index (χ1v) is 11.9. The van der Waals surface area contributed by atoms with Crippen molar-refractivity contribution < 1.29 is 9.18 Å². The summed E-state index contributed by atoms with van der Waals surface area (Å²) in [6.45, 7) is 0.490. The van der Waals surface area contributed by atoms with Gasteiger partial charge in [-0.1, -0.05) is 24.0 Å². The van der Waals surface area contributed by atoms with Crippen molar-refractivity contribution in [2.75, 3.05) is 5.32 Å². The highest BCUT2D eigenvalue weighted by Crippen LogP contribution is 2.31. The van der Waals surface area contributed by atoms with E-state index in [1.54, 1.807) is 12.3 Å². The summed E-state index contributed by atoms with van der Waals surface area (Å²) in [7, 11) is 0. The number of hydrogen-bond donors (Lipinski definition) is 2. The maximum absolute atomic E-state index is 13.5. The number of carbonyl (C=O) groups is 1. The molecule has 0 bridgehead atoms. The van der Waals surface area contributed by atoms with E-state index in [2.05, 4.69) is 37.5 Å². The molecule has 5 aromatic rings. The van der Waals surface area contributed by atoms with Crippen LogP contribution in [-0.4, -0.2) is 31.7 Å². The van der Waals surface area contributed by atoms with Gasteiger partial charge in [-0.25, -0.2) is 14.4 Å². The van der Waals surface area contributed by atoms with Crippen LogP contribution in [-0.2, 0) is 11.3 Å². The Morgan fingerprint density at radius 3 is 3.00 bits per heavy atom. The SMILES string of the molecule is O=C1CC[C@@H](C#Cc2cc3ncnc(Nc4ccc5c(cnn5Cc5cccc(F)c5)c4)c3s2)N1. The summed E-state index contributed by atoms with van der Waals surface area (Å²) in [5.74, 6) is 6.79. The van der Waals surface area contributed by atoms with E-state index in [-0.39, 0.29) is 17.8 Å². The smallest absolute Gasteiger partial charge is 0.221 e. The Bertz CT molecular complexity index is 1650. The first kappa shape index (κ1) is 21.3. The number of thiophene rings is 1. The minimum absolute atomic E-state index is 0.0504. The first-order valence-electron chi connectivity index (χ1n) is 11.1. The minimum Gasteiger partial charge on any atom is -0.342 e. The molecule has 1 fully saturated rings. The maximum atomic E-state index is 13.5. The Balaban J connectivity index is 1.24. The van der Waals surface area contributed by atoms with Crippen molar-refractivity contribution in [2.45, 2.75) is 25.4 Å². The number of carbonyl (C=O) groups excluding carboxylic acids is 1. The normalized spacial score (nSPS) is 15.2. The van der Waals surface area contributed by atoms with Crippen LogP contribution in [0, 0.1) is 17.7 Å². The van der Waals surface area contributed by atoms with Crippen LogP contribution >= 0.6 is 11.3 Å². The van der Waals surface area contributed by atoms with E-state index in [0.717, 1.165) is 43.7 Å². The third kappa shape index (κ3) is 4.44. The minimum atomic E-state index is -0.255. The van der Waals surface area contributed by atoms with Gasteiger partial charge in [-0.05, 0) is 48.4 Å². The Morgan fingerprint density at radius 1 is 1.20 bits per heavy atom. The van der Waals surface area contributed by atoms with Gasteiger partial charge in [-0.2, -0.15) is 5.10 Å². The highest BCUT2D eigenvalue weighted by molar-refractivity contribution is 7.20. The average molecular weight is 483 g/mol. The van der Waals surface area contributed by atoms with Crippen molar-refractivity contribution >= 4 is 49.9 Å². The molecule has 2 N–H and O–H groups in total. The largest absolute Gasteiger partial charge is 0.342 e. The monoisotopic (exact) mass is 482 g/mol. The summed E-state index contributed by atoms with van der Waals surface area (Å²) >= 11 is 1.52. The molecule has 1 atom stereocenters. The number of hydrogen-bond acceptors (Lipinski definition) is 6. The zero-order chi connectivity index (χ0) is 23.8. The molecule has 9 heteroatoms. The van der Waals surface area contributed by atoms with Crippen molar-refractivity contribution in [2.24, 2.45) is 0 Å². The van der Waals surface area contributed by atoms with E-state index in [4.69, 9.17) is 0 Å². The van der Waals surface area contributed by atoms with Gasteiger partial charge < -0.3 is 10.6 Å². The Morgan fingerprint density at radius 2 is 2.14 bits per heavy atom. The van der Waals surface area contributed by atoms with Gasteiger partial charge in [-0.15, -0.1) is 11.3 Å². The summed E-state index contributed by atoms with van der Waals surface area (Å²) in [6.07, 6.45) is 4.60. The molecule has 0 unspecified atom stereocenters. The molecule has 7 nitrogen and oxygen atoms in total. The summed E-state index contributed by atoms with van der Waals surface area (Å²) in [5.41, 5.74) is 3.50. The van der Waals surface area contributed by atoms with Crippen LogP contribution in [0.1, 0.15) is 23.3 Å². The lowest BCUT2D eigenvalue weighted by Gasteiger charge is -2.08. The molecule has 2 aromatic carbocycles. The number of fused-ring (bicyclic) bond motifs is 2. The molecule has 3 aromatic heterocycles. The Labute approximate surface area is 204 Å². The summed E-state index contributed by atoms with van der Waals surface area (Å²) in [6, 6.07) is 14.4. The Kier molecular flexibility index (Phi) is 5.35. The van der Waals surface area contributed by atoms with Crippen LogP contribution in [0.15, 0.2) is 61.1 Å². The molecule has 172 valence electrons. The highest BCUT2D eigenvalue weighted by atomic mass is 32.1. The van der Waals surface area contributed by atoms with E-state index < -0.39 is 0 Å². The standard InChI is InChI=1S/C26H19FN6OS/c27-18-3-1-2-16(10-18)14-33-23-8-5-20(11-17(23)13-30-33)32-26-25-22(28-15-29-26)12-21(35-25)7-4-19-6-9-24(34)31-19/h1-3,5,8,10-13,15,19H,6,9,14H2,(H,31,34)(H,28,29,32)/t19-/m1/s1. The van der Waals surface area contributed by atoms with Gasteiger partial charge in [0.15, 0.2) is 5.82 Å². The van der Waals surface area contributed by atoms with E-state index in [1.807, 2.05) is 35.0 Å². The molecule has 0 spiro atoms. The first-order chi connectivity index (χ1) is 17.1. The topological polar surface area (TPSA) is 84.7 Å². The number of nitrogens with zero attached hydrogens (tertiary/aromatic N) is 4. The third-order valence-electron chi connectivity index (χ3n) is 5.80. The number of rotatable bonds is 4. The van der Waals surface area contributed by atoms with Gasteiger partial charge in [0.2, 0.25) is 5.91 Å². The summed E-state index contributed by atoms with van der Waals surface area (Å²) < 4.78 is 16.3. The van der Waals surface area contributed by atoms with Crippen LogP contribution in [0.3, 0.4) is 0 Å². The van der Waals surface area contributed by atoms with Crippen LogP contribution in [0.5, 0.6) is 0 Å². The van der Waals surface area contributed by atoms with Gasteiger partial charge in [0.05, 0.1) is 39.4 Å². The van der Waals surface area contributed by atoms with E-state index >= 15 is 0 Å². The van der Waals surface area contributed by atoms with E-state index in [9.17, 15) is 9.18 Å². The number of nitrogens with one attached hydrogen (secondary N) is 2.